The van der Waals surface area contributed by atoms with Crippen LogP contribution in [0.1, 0.15) is 45.4 Å². The molecule has 2 rings (SSSR count). The van der Waals surface area contributed by atoms with Gasteiger partial charge in [0.1, 0.15) is 5.60 Å². The maximum absolute atomic E-state index is 12.8. The van der Waals surface area contributed by atoms with Gasteiger partial charge in [0.15, 0.2) is 5.82 Å². The van der Waals surface area contributed by atoms with Crippen molar-refractivity contribution in [3.05, 3.63) is 11.6 Å². The number of carbonyl (C=O) groups excluding carboxylic acids is 1. The standard InChI is InChI=1S/C12H17F3N4O2/c1-7-5-18(10(20)21-11(2,3)4)6-8-16-17-9(19(7)8)12(13,14)15/h7H,5-6H2,1-4H3. The monoisotopic (exact) mass is 306 g/mol. The summed E-state index contributed by atoms with van der Waals surface area (Å²) < 4.78 is 44.7. The molecule has 118 valence electrons. The maximum Gasteiger partial charge on any atom is 0.451 e. The van der Waals surface area contributed by atoms with Crippen LogP contribution in [0.25, 0.3) is 0 Å². The number of fused-ring (bicyclic) bond motifs is 1. The van der Waals surface area contributed by atoms with E-state index in [4.69, 9.17) is 4.74 Å². The quantitative estimate of drug-likeness (QED) is 0.739. The highest BCUT2D eigenvalue weighted by atomic mass is 19.4. The van der Waals surface area contributed by atoms with Crippen LogP contribution < -0.4 is 0 Å². The van der Waals surface area contributed by atoms with E-state index in [1.807, 2.05) is 0 Å². The Balaban J connectivity index is 2.23. The summed E-state index contributed by atoms with van der Waals surface area (Å²) in [6.07, 6.45) is -5.13. The van der Waals surface area contributed by atoms with Gasteiger partial charge >= 0.3 is 12.3 Å². The first-order chi connectivity index (χ1) is 9.49. The van der Waals surface area contributed by atoms with E-state index in [9.17, 15) is 18.0 Å². The minimum Gasteiger partial charge on any atom is -0.444 e. The summed E-state index contributed by atoms with van der Waals surface area (Å²) in [5, 5.41) is 6.74. The second-order valence-corrected chi connectivity index (χ2v) is 6.02. The van der Waals surface area contributed by atoms with E-state index >= 15 is 0 Å². The Labute approximate surface area is 119 Å². The zero-order chi connectivity index (χ0) is 16.0. The van der Waals surface area contributed by atoms with Gasteiger partial charge in [-0.3, -0.25) is 4.90 Å². The predicted octanol–water partition coefficient (Wildman–Crippen LogP) is 2.61. The van der Waals surface area contributed by atoms with Crippen LogP contribution >= 0.6 is 0 Å². The lowest BCUT2D eigenvalue weighted by Gasteiger charge is -2.33. The largest absolute Gasteiger partial charge is 0.451 e. The molecule has 0 N–H and O–H groups in total. The van der Waals surface area contributed by atoms with Crippen molar-refractivity contribution in [2.45, 2.75) is 52.1 Å². The molecule has 0 saturated heterocycles. The molecule has 1 atom stereocenters. The predicted molar refractivity (Wildman–Crippen MR) is 66.4 cm³/mol. The first-order valence-electron chi connectivity index (χ1n) is 6.48. The molecule has 1 unspecified atom stereocenters. The average Bonchev–Trinajstić information content (AvgIpc) is 2.70. The van der Waals surface area contributed by atoms with E-state index in [2.05, 4.69) is 10.2 Å². The number of amides is 1. The molecule has 21 heavy (non-hydrogen) atoms. The molecule has 2 heterocycles. The number of hydrogen-bond acceptors (Lipinski definition) is 4. The zero-order valence-electron chi connectivity index (χ0n) is 12.2. The number of aromatic nitrogens is 3. The highest BCUT2D eigenvalue weighted by Crippen LogP contribution is 2.32. The molecule has 6 nitrogen and oxygen atoms in total. The Hall–Kier alpha value is -1.80. The number of rotatable bonds is 0. The van der Waals surface area contributed by atoms with Crippen molar-refractivity contribution < 1.29 is 22.7 Å². The van der Waals surface area contributed by atoms with Gasteiger partial charge in [0.2, 0.25) is 5.82 Å². The molecule has 0 bridgehead atoms. The lowest BCUT2D eigenvalue weighted by Crippen LogP contribution is -2.43. The topological polar surface area (TPSA) is 60.3 Å². The second-order valence-electron chi connectivity index (χ2n) is 6.02. The minimum absolute atomic E-state index is 0.0532. The van der Waals surface area contributed by atoms with Crippen LogP contribution in [-0.2, 0) is 17.5 Å². The molecule has 1 aliphatic rings. The molecule has 1 aromatic rings. The van der Waals surface area contributed by atoms with Crippen molar-refractivity contribution in [3.63, 3.8) is 0 Å². The molecular weight excluding hydrogens is 289 g/mol. The second kappa shape index (κ2) is 4.88. The van der Waals surface area contributed by atoms with Crippen molar-refractivity contribution in [1.82, 2.24) is 19.7 Å². The van der Waals surface area contributed by atoms with Gasteiger partial charge in [0.05, 0.1) is 12.6 Å². The maximum atomic E-state index is 12.8. The fraction of sp³-hybridized carbons (Fsp3) is 0.750. The third kappa shape index (κ3) is 3.27. The van der Waals surface area contributed by atoms with Gasteiger partial charge in [-0.25, -0.2) is 4.79 Å². The number of ether oxygens (including phenoxy) is 1. The van der Waals surface area contributed by atoms with Gasteiger partial charge in [-0.15, -0.1) is 10.2 Å². The molecule has 0 saturated carbocycles. The number of nitrogens with zero attached hydrogens (tertiary/aromatic N) is 4. The first-order valence-corrected chi connectivity index (χ1v) is 6.48. The zero-order valence-corrected chi connectivity index (χ0v) is 12.2. The molecular formula is C12H17F3N4O2. The normalized spacial score (nSPS) is 19.4. The first kappa shape index (κ1) is 15.6. The van der Waals surface area contributed by atoms with Crippen molar-refractivity contribution in [1.29, 1.82) is 0 Å². The molecule has 0 aliphatic carbocycles. The summed E-state index contributed by atoms with van der Waals surface area (Å²) in [4.78, 5) is 13.3. The van der Waals surface area contributed by atoms with Crippen LogP contribution in [0.5, 0.6) is 0 Å². The van der Waals surface area contributed by atoms with Crippen molar-refractivity contribution in [3.8, 4) is 0 Å². The SMILES string of the molecule is CC1CN(C(=O)OC(C)(C)C)Cc2nnc(C(F)(F)F)n21. The number of alkyl halides is 3. The van der Waals surface area contributed by atoms with Crippen molar-refractivity contribution in [2.24, 2.45) is 0 Å². The lowest BCUT2D eigenvalue weighted by atomic mass is 10.2. The van der Waals surface area contributed by atoms with E-state index in [-0.39, 0.29) is 18.9 Å². The highest BCUT2D eigenvalue weighted by molar-refractivity contribution is 5.68. The third-order valence-electron chi connectivity index (χ3n) is 2.93. The average molecular weight is 306 g/mol. The van der Waals surface area contributed by atoms with Gasteiger partial charge in [-0.2, -0.15) is 13.2 Å². The van der Waals surface area contributed by atoms with Gasteiger partial charge in [-0.05, 0) is 27.7 Å². The van der Waals surface area contributed by atoms with Crippen LogP contribution in [0.4, 0.5) is 18.0 Å². The molecule has 0 radical (unpaired) electrons. The van der Waals surface area contributed by atoms with E-state index in [1.54, 1.807) is 27.7 Å². The summed E-state index contributed by atoms with van der Waals surface area (Å²) >= 11 is 0. The van der Waals surface area contributed by atoms with Gasteiger partial charge in [0.25, 0.3) is 0 Å². The van der Waals surface area contributed by atoms with E-state index < -0.39 is 29.7 Å². The van der Waals surface area contributed by atoms with E-state index in [1.165, 1.54) is 4.90 Å². The molecule has 1 aliphatic heterocycles. The highest BCUT2D eigenvalue weighted by Gasteiger charge is 2.42. The smallest absolute Gasteiger partial charge is 0.444 e. The number of carbonyl (C=O) groups is 1. The molecule has 1 amide bonds. The van der Waals surface area contributed by atoms with E-state index in [0.717, 1.165) is 4.57 Å². The summed E-state index contributed by atoms with van der Waals surface area (Å²) in [6.45, 7) is 6.82. The van der Waals surface area contributed by atoms with Crippen LogP contribution in [0.2, 0.25) is 0 Å². The summed E-state index contributed by atoms with van der Waals surface area (Å²) in [5.41, 5.74) is -0.664. The minimum atomic E-state index is -4.56. The molecule has 0 fully saturated rings. The third-order valence-corrected chi connectivity index (χ3v) is 2.93. The summed E-state index contributed by atoms with van der Waals surface area (Å²) in [7, 11) is 0. The summed E-state index contributed by atoms with van der Waals surface area (Å²) in [6, 6.07) is -0.576. The van der Waals surface area contributed by atoms with Crippen LogP contribution in [0.3, 0.4) is 0 Å². The van der Waals surface area contributed by atoms with E-state index in [0.29, 0.717) is 0 Å². The van der Waals surface area contributed by atoms with Crippen molar-refractivity contribution in [2.75, 3.05) is 6.54 Å². The van der Waals surface area contributed by atoms with Crippen LogP contribution in [0.15, 0.2) is 0 Å². The Morgan fingerprint density at radius 1 is 1.29 bits per heavy atom. The molecule has 1 aromatic heterocycles. The Kier molecular flexibility index (Phi) is 3.63. The lowest BCUT2D eigenvalue weighted by molar-refractivity contribution is -0.148. The molecule has 0 aromatic carbocycles. The molecule has 0 spiro atoms. The summed E-state index contributed by atoms with van der Waals surface area (Å²) in [5.74, 6) is -0.930. The van der Waals surface area contributed by atoms with Gasteiger partial charge in [0, 0.05) is 6.54 Å². The van der Waals surface area contributed by atoms with Crippen LogP contribution in [-0.4, -0.2) is 37.9 Å². The Bertz CT molecular complexity index is 548. The van der Waals surface area contributed by atoms with Crippen LogP contribution in [0, 0.1) is 0 Å². The van der Waals surface area contributed by atoms with Gasteiger partial charge in [-0.1, -0.05) is 0 Å². The fourth-order valence-corrected chi connectivity index (χ4v) is 2.19. The van der Waals surface area contributed by atoms with Crippen molar-refractivity contribution >= 4 is 6.09 Å². The fourth-order valence-electron chi connectivity index (χ4n) is 2.19. The Morgan fingerprint density at radius 3 is 2.43 bits per heavy atom. The Morgan fingerprint density at radius 2 is 1.90 bits per heavy atom. The molecule has 9 heteroatoms. The number of hydrogen-bond donors (Lipinski definition) is 0. The van der Waals surface area contributed by atoms with Gasteiger partial charge < -0.3 is 9.30 Å². The number of halogens is 3.